The summed E-state index contributed by atoms with van der Waals surface area (Å²) in [7, 11) is 0. The van der Waals surface area contributed by atoms with Crippen LogP contribution in [0.5, 0.6) is 11.5 Å². The molecule has 0 aliphatic carbocycles. The third-order valence-electron chi connectivity index (χ3n) is 4.25. The van der Waals surface area contributed by atoms with Gasteiger partial charge in [0.05, 0.1) is 11.3 Å². The van der Waals surface area contributed by atoms with Crippen LogP contribution in [0, 0.1) is 0 Å². The van der Waals surface area contributed by atoms with Crippen LogP contribution >= 0.6 is 0 Å². The first-order chi connectivity index (χ1) is 14.1. The van der Waals surface area contributed by atoms with Gasteiger partial charge in [0.15, 0.2) is 5.71 Å². The van der Waals surface area contributed by atoms with E-state index in [9.17, 15) is 14.7 Å². The molecule has 0 bridgehead atoms. The summed E-state index contributed by atoms with van der Waals surface area (Å²) < 4.78 is 5.74. The molecule has 3 aromatic carbocycles. The zero-order valence-electron chi connectivity index (χ0n) is 15.2. The number of carboxylic acid groups (broad SMARTS) is 1. The zero-order chi connectivity index (χ0) is 20.2. The minimum atomic E-state index is -1.26. The minimum absolute atomic E-state index is 0.0260. The SMILES string of the molecule is O=C(O)C1=NN(c2ccccc2)C(=O)/C1=C\c1ccc(Oc2ccccc2)cc1. The van der Waals surface area contributed by atoms with E-state index in [-0.39, 0.29) is 11.3 Å². The van der Waals surface area contributed by atoms with Gasteiger partial charge in [0.25, 0.3) is 5.91 Å². The summed E-state index contributed by atoms with van der Waals surface area (Å²) in [6.07, 6.45) is 1.52. The highest BCUT2D eigenvalue weighted by atomic mass is 16.5. The molecule has 1 aliphatic rings. The van der Waals surface area contributed by atoms with Crippen molar-refractivity contribution in [2.75, 3.05) is 5.01 Å². The van der Waals surface area contributed by atoms with Crippen molar-refractivity contribution in [1.29, 1.82) is 0 Å². The molecule has 29 heavy (non-hydrogen) atoms. The summed E-state index contributed by atoms with van der Waals surface area (Å²) >= 11 is 0. The van der Waals surface area contributed by atoms with Gasteiger partial charge in [-0.05, 0) is 48.0 Å². The van der Waals surface area contributed by atoms with Crippen LogP contribution < -0.4 is 9.75 Å². The van der Waals surface area contributed by atoms with Crippen molar-refractivity contribution in [2.45, 2.75) is 0 Å². The fourth-order valence-corrected chi connectivity index (χ4v) is 2.87. The fourth-order valence-electron chi connectivity index (χ4n) is 2.87. The average Bonchev–Trinajstić information content (AvgIpc) is 3.07. The lowest BCUT2D eigenvalue weighted by Gasteiger charge is -2.10. The molecule has 4 rings (SSSR count). The predicted octanol–water partition coefficient (Wildman–Crippen LogP) is 4.35. The number of rotatable bonds is 5. The van der Waals surface area contributed by atoms with Gasteiger partial charge in [-0.15, -0.1) is 0 Å². The van der Waals surface area contributed by atoms with Gasteiger partial charge in [0.1, 0.15) is 11.5 Å². The normalized spacial score (nSPS) is 14.8. The van der Waals surface area contributed by atoms with Crippen LogP contribution in [0.2, 0.25) is 0 Å². The molecule has 1 heterocycles. The van der Waals surface area contributed by atoms with Gasteiger partial charge in [-0.3, -0.25) is 4.79 Å². The lowest BCUT2D eigenvalue weighted by Crippen LogP contribution is -2.22. The number of hydrazone groups is 1. The average molecular weight is 384 g/mol. The Balaban J connectivity index is 1.60. The monoisotopic (exact) mass is 384 g/mol. The first kappa shape index (κ1) is 18.2. The minimum Gasteiger partial charge on any atom is -0.476 e. The molecule has 3 aromatic rings. The molecule has 0 unspecified atom stereocenters. The van der Waals surface area contributed by atoms with Crippen LogP contribution in [-0.4, -0.2) is 22.7 Å². The number of anilines is 1. The number of hydrogen-bond donors (Lipinski definition) is 1. The first-order valence-electron chi connectivity index (χ1n) is 8.88. The van der Waals surface area contributed by atoms with Crippen molar-refractivity contribution in [3.63, 3.8) is 0 Å². The van der Waals surface area contributed by atoms with E-state index >= 15 is 0 Å². The molecular formula is C23H16N2O4. The summed E-state index contributed by atoms with van der Waals surface area (Å²) in [5.41, 5.74) is 0.908. The molecule has 0 spiro atoms. The first-order valence-corrected chi connectivity index (χ1v) is 8.88. The lowest BCUT2D eigenvalue weighted by atomic mass is 10.1. The van der Waals surface area contributed by atoms with E-state index in [4.69, 9.17) is 4.74 Å². The Hall–Kier alpha value is -4.19. The highest BCUT2D eigenvalue weighted by molar-refractivity contribution is 6.53. The number of para-hydroxylation sites is 2. The molecule has 6 nitrogen and oxygen atoms in total. The summed E-state index contributed by atoms with van der Waals surface area (Å²) in [5, 5.41) is 14.6. The van der Waals surface area contributed by atoms with Crippen LogP contribution in [0.3, 0.4) is 0 Å². The van der Waals surface area contributed by atoms with Crippen LogP contribution in [0.15, 0.2) is 95.6 Å². The van der Waals surface area contributed by atoms with Crippen molar-refractivity contribution in [2.24, 2.45) is 5.10 Å². The lowest BCUT2D eigenvalue weighted by molar-refractivity contribution is -0.129. The van der Waals surface area contributed by atoms with E-state index in [0.29, 0.717) is 22.7 Å². The van der Waals surface area contributed by atoms with Gasteiger partial charge in [-0.1, -0.05) is 48.5 Å². The number of carboxylic acids is 1. The van der Waals surface area contributed by atoms with Crippen LogP contribution in [0.25, 0.3) is 6.08 Å². The Labute approximate surface area is 167 Å². The number of benzene rings is 3. The van der Waals surface area contributed by atoms with E-state index in [2.05, 4.69) is 5.10 Å². The van der Waals surface area contributed by atoms with Gasteiger partial charge in [-0.25, -0.2) is 4.79 Å². The molecule has 6 heteroatoms. The van der Waals surface area contributed by atoms with Crippen molar-refractivity contribution in [1.82, 2.24) is 0 Å². The van der Waals surface area contributed by atoms with Crippen LogP contribution in [-0.2, 0) is 9.59 Å². The number of aliphatic carboxylic acids is 1. The van der Waals surface area contributed by atoms with Gasteiger partial charge in [0.2, 0.25) is 0 Å². The zero-order valence-corrected chi connectivity index (χ0v) is 15.2. The maximum Gasteiger partial charge on any atom is 0.357 e. The molecule has 0 atom stereocenters. The molecule has 0 saturated heterocycles. The molecule has 0 fully saturated rings. The molecule has 1 amide bonds. The number of ether oxygens (including phenoxy) is 1. The molecule has 0 aromatic heterocycles. The quantitative estimate of drug-likeness (QED) is 0.663. The van der Waals surface area contributed by atoms with Crippen molar-refractivity contribution >= 4 is 29.4 Å². The third kappa shape index (κ3) is 3.91. The second-order valence-corrected chi connectivity index (χ2v) is 6.25. The van der Waals surface area contributed by atoms with Gasteiger partial charge in [-0.2, -0.15) is 10.1 Å². The van der Waals surface area contributed by atoms with Gasteiger partial charge >= 0.3 is 5.97 Å². The van der Waals surface area contributed by atoms with Gasteiger partial charge < -0.3 is 9.84 Å². The Bertz CT molecular complexity index is 1100. The fraction of sp³-hybridized carbons (Fsp3) is 0. The van der Waals surface area contributed by atoms with Crippen LogP contribution in [0.4, 0.5) is 5.69 Å². The second-order valence-electron chi connectivity index (χ2n) is 6.25. The Morgan fingerprint density at radius 3 is 2.07 bits per heavy atom. The number of nitrogens with zero attached hydrogens (tertiary/aromatic N) is 2. The molecule has 0 saturated carbocycles. The Kier molecular flexibility index (Phi) is 4.90. The van der Waals surface area contributed by atoms with E-state index in [1.807, 2.05) is 36.4 Å². The van der Waals surface area contributed by atoms with Crippen LogP contribution in [0.1, 0.15) is 5.56 Å². The number of amides is 1. The predicted molar refractivity (Wildman–Crippen MR) is 110 cm³/mol. The Morgan fingerprint density at radius 2 is 1.45 bits per heavy atom. The standard InChI is InChI=1S/C23H16N2O4/c26-22-20(21(23(27)28)24-25(22)17-7-3-1-4-8-17)15-16-11-13-19(14-12-16)29-18-9-5-2-6-10-18/h1-15H,(H,27,28)/b20-15-. The summed E-state index contributed by atoms with van der Waals surface area (Å²) in [6, 6.07) is 25.1. The second kappa shape index (κ2) is 7.82. The van der Waals surface area contributed by atoms with E-state index in [1.165, 1.54) is 6.08 Å². The maximum atomic E-state index is 12.8. The molecule has 1 N–H and O–H groups in total. The molecular weight excluding hydrogens is 368 g/mol. The highest BCUT2D eigenvalue weighted by Crippen LogP contribution is 2.26. The van der Waals surface area contributed by atoms with Crippen molar-refractivity contribution < 1.29 is 19.4 Å². The van der Waals surface area contributed by atoms with E-state index < -0.39 is 11.9 Å². The highest BCUT2D eigenvalue weighted by Gasteiger charge is 2.34. The summed E-state index contributed by atoms with van der Waals surface area (Å²) in [5.74, 6) is -0.400. The van der Waals surface area contributed by atoms with Crippen molar-refractivity contribution in [3.05, 3.63) is 96.1 Å². The van der Waals surface area contributed by atoms with E-state index in [0.717, 1.165) is 5.01 Å². The topological polar surface area (TPSA) is 79.2 Å². The van der Waals surface area contributed by atoms with E-state index in [1.54, 1.807) is 48.5 Å². The Morgan fingerprint density at radius 1 is 0.862 bits per heavy atom. The van der Waals surface area contributed by atoms with Gasteiger partial charge in [0, 0.05) is 0 Å². The summed E-state index contributed by atoms with van der Waals surface area (Å²) in [4.78, 5) is 24.4. The number of carbonyl (C=O) groups is 2. The third-order valence-corrected chi connectivity index (χ3v) is 4.25. The molecule has 0 radical (unpaired) electrons. The van der Waals surface area contributed by atoms with Crippen molar-refractivity contribution in [3.8, 4) is 11.5 Å². The molecule has 1 aliphatic heterocycles. The number of hydrogen-bond acceptors (Lipinski definition) is 4. The summed E-state index contributed by atoms with van der Waals surface area (Å²) in [6.45, 7) is 0. The molecule has 142 valence electrons. The number of carbonyl (C=O) groups excluding carboxylic acids is 1. The largest absolute Gasteiger partial charge is 0.476 e. The maximum absolute atomic E-state index is 12.8. The smallest absolute Gasteiger partial charge is 0.357 e.